The fraction of sp³-hybridized carbons (Fsp3) is 0.353. The second kappa shape index (κ2) is 6.87. The van der Waals surface area contributed by atoms with Gasteiger partial charge in [-0.1, -0.05) is 44.2 Å². The van der Waals surface area contributed by atoms with Gasteiger partial charge in [0.1, 0.15) is 6.04 Å². The Morgan fingerprint density at radius 3 is 2.19 bits per heavy atom. The van der Waals surface area contributed by atoms with E-state index in [4.69, 9.17) is 5.73 Å². The molecule has 112 valence electrons. The van der Waals surface area contributed by atoms with Crippen LogP contribution in [0, 0.1) is 0 Å². The lowest BCUT2D eigenvalue weighted by Crippen LogP contribution is -2.92. The summed E-state index contributed by atoms with van der Waals surface area (Å²) >= 11 is 1.71. The number of nitrogens with two attached hydrogens (primary N) is 2. The molecule has 0 saturated carbocycles. The molecule has 0 aliphatic heterocycles. The van der Waals surface area contributed by atoms with Crippen molar-refractivity contribution in [3.8, 4) is 0 Å². The highest BCUT2D eigenvalue weighted by atomic mass is 32.1. The first-order valence-corrected chi connectivity index (χ1v) is 8.14. The highest BCUT2D eigenvalue weighted by molar-refractivity contribution is 7.10. The Balaban J connectivity index is 2.29. The molecule has 0 bridgehead atoms. The highest BCUT2D eigenvalue weighted by Gasteiger charge is 2.24. The van der Waals surface area contributed by atoms with Crippen LogP contribution < -0.4 is 11.1 Å². The van der Waals surface area contributed by atoms with Crippen molar-refractivity contribution in [2.45, 2.75) is 38.8 Å². The van der Waals surface area contributed by atoms with Gasteiger partial charge >= 0.3 is 0 Å². The van der Waals surface area contributed by atoms with E-state index in [-0.39, 0.29) is 18.0 Å². The van der Waals surface area contributed by atoms with Gasteiger partial charge in [-0.2, -0.15) is 0 Å². The zero-order valence-corrected chi connectivity index (χ0v) is 13.6. The summed E-state index contributed by atoms with van der Waals surface area (Å²) < 4.78 is 0. The minimum absolute atomic E-state index is 0.119. The van der Waals surface area contributed by atoms with Crippen LogP contribution in [0.1, 0.15) is 48.7 Å². The second-order valence-electron chi connectivity index (χ2n) is 5.70. The van der Waals surface area contributed by atoms with Crippen molar-refractivity contribution in [3.63, 3.8) is 0 Å². The molecule has 0 saturated heterocycles. The van der Waals surface area contributed by atoms with Crippen molar-refractivity contribution >= 4 is 17.2 Å². The van der Waals surface area contributed by atoms with Crippen LogP contribution in [-0.4, -0.2) is 11.9 Å². The van der Waals surface area contributed by atoms with Crippen molar-refractivity contribution in [3.05, 3.63) is 57.8 Å². The monoisotopic (exact) mass is 303 g/mol. The van der Waals surface area contributed by atoms with E-state index in [2.05, 4.69) is 49.6 Å². The molecule has 0 spiro atoms. The lowest BCUT2D eigenvalue weighted by molar-refractivity contribution is -0.704. The summed E-state index contributed by atoms with van der Waals surface area (Å²) in [5.74, 6) is 0.239. The molecule has 1 heterocycles. The number of carbonyl (C=O) groups excluding carboxylic acids is 1. The first-order valence-electron chi connectivity index (χ1n) is 7.26. The minimum Gasteiger partial charge on any atom is -0.365 e. The number of rotatable bonds is 6. The smallest absolute Gasteiger partial charge is 0.275 e. The third-order valence-electron chi connectivity index (χ3n) is 3.74. The fourth-order valence-corrected chi connectivity index (χ4v) is 3.14. The van der Waals surface area contributed by atoms with Crippen LogP contribution in [-0.2, 0) is 4.79 Å². The van der Waals surface area contributed by atoms with E-state index < -0.39 is 0 Å². The van der Waals surface area contributed by atoms with Gasteiger partial charge in [0, 0.05) is 5.56 Å². The Hall–Kier alpha value is -1.65. The summed E-state index contributed by atoms with van der Waals surface area (Å²) in [6, 6.07) is 12.7. The van der Waals surface area contributed by atoms with Gasteiger partial charge in [0.2, 0.25) is 0 Å². The van der Waals surface area contributed by atoms with Crippen molar-refractivity contribution < 1.29 is 10.1 Å². The molecule has 1 aromatic heterocycles. The molecule has 0 aliphatic carbocycles. The van der Waals surface area contributed by atoms with Crippen LogP contribution in [0.15, 0.2) is 41.8 Å². The van der Waals surface area contributed by atoms with Crippen LogP contribution in [0.5, 0.6) is 0 Å². The SMILES string of the molecule is CC(C)c1ccc([C@H]([NH2+][C@H](C)C(N)=O)c2cccs2)cc1. The Bertz CT molecular complexity index is 575. The number of hydrogen-bond donors (Lipinski definition) is 2. The predicted molar refractivity (Wildman–Crippen MR) is 87.3 cm³/mol. The van der Waals surface area contributed by atoms with Crippen molar-refractivity contribution in [1.82, 2.24) is 0 Å². The Morgan fingerprint density at radius 1 is 1.10 bits per heavy atom. The highest BCUT2D eigenvalue weighted by Crippen LogP contribution is 2.24. The molecule has 1 amide bonds. The minimum atomic E-state index is -0.282. The molecule has 0 unspecified atom stereocenters. The molecule has 0 radical (unpaired) electrons. The van der Waals surface area contributed by atoms with Gasteiger partial charge in [-0.25, -0.2) is 0 Å². The number of hydrogen-bond acceptors (Lipinski definition) is 2. The summed E-state index contributed by atoms with van der Waals surface area (Å²) in [6.07, 6.45) is 0. The van der Waals surface area contributed by atoms with Crippen LogP contribution in [0.4, 0.5) is 0 Å². The van der Waals surface area contributed by atoms with Gasteiger partial charge in [0.25, 0.3) is 5.91 Å². The normalized spacial score (nSPS) is 14.1. The summed E-state index contributed by atoms with van der Waals surface area (Å²) in [5.41, 5.74) is 7.94. The van der Waals surface area contributed by atoms with E-state index >= 15 is 0 Å². The Labute approximate surface area is 130 Å². The number of primary amides is 1. The van der Waals surface area contributed by atoms with E-state index in [1.54, 1.807) is 11.3 Å². The van der Waals surface area contributed by atoms with Crippen molar-refractivity contribution in [2.75, 3.05) is 0 Å². The molecule has 4 heteroatoms. The van der Waals surface area contributed by atoms with Crippen LogP contribution in [0.3, 0.4) is 0 Å². The molecule has 0 fully saturated rings. The molecule has 0 aliphatic rings. The van der Waals surface area contributed by atoms with E-state index in [9.17, 15) is 4.79 Å². The molecule has 3 nitrogen and oxygen atoms in total. The fourth-order valence-electron chi connectivity index (χ4n) is 2.31. The maximum atomic E-state index is 11.4. The van der Waals surface area contributed by atoms with Gasteiger partial charge in [0.15, 0.2) is 6.04 Å². The second-order valence-corrected chi connectivity index (χ2v) is 6.68. The maximum absolute atomic E-state index is 11.4. The number of amides is 1. The quantitative estimate of drug-likeness (QED) is 0.846. The number of carbonyl (C=O) groups is 1. The zero-order valence-electron chi connectivity index (χ0n) is 12.7. The first kappa shape index (κ1) is 15.7. The largest absolute Gasteiger partial charge is 0.365 e. The van der Waals surface area contributed by atoms with Crippen LogP contribution in [0.25, 0.3) is 0 Å². The molecule has 4 N–H and O–H groups in total. The topological polar surface area (TPSA) is 59.7 Å². The van der Waals surface area contributed by atoms with Crippen LogP contribution >= 0.6 is 11.3 Å². The van der Waals surface area contributed by atoms with Gasteiger partial charge in [-0.3, -0.25) is 4.79 Å². The average Bonchev–Trinajstić information content (AvgIpc) is 2.98. The summed E-state index contributed by atoms with van der Waals surface area (Å²) in [5, 5.41) is 4.10. The lowest BCUT2D eigenvalue weighted by Gasteiger charge is -2.18. The average molecular weight is 303 g/mol. The van der Waals surface area contributed by atoms with E-state index in [1.165, 1.54) is 16.0 Å². The van der Waals surface area contributed by atoms with Gasteiger partial charge < -0.3 is 11.1 Å². The molecular formula is C17H23N2OS+. The van der Waals surface area contributed by atoms with E-state index in [0.717, 1.165) is 0 Å². The Kier molecular flexibility index (Phi) is 5.15. The van der Waals surface area contributed by atoms with E-state index in [1.807, 2.05) is 18.3 Å². The lowest BCUT2D eigenvalue weighted by atomic mass is 9.98. The van der Waals surface area contributed by atoms with Crippen molar-refractivity contribution in [2.24, 2.45) is 5.73 Å². The molecule has 21 heavy (non-hydrogen) atoms. The van der Waals surface area contributed by atoms with Gasteiger partial charge in [-0.15, -0.1) is 11.3 Å². The predicted octanol–water partition coefficient (Wildman–Crippen LogP) is 2.40. The molecule has 2 atom stereocenters. The summed E-state index contributed by atoms with van der Waals surface area (Å²) in [6.45, 7) is 6.23. The molecular weight excluding hydrogens is 280 g/mol. The summed E-state index contributed by atoms with van der Waals surface area (Å²) in [4.78, 5) is 12.6. The number of thiophene rings is 1. The van der Waals surface area contributed by atoms with Crippen LogP contribution in [0.2, 0.25) is 0 Å². The Morgan fingerprint density at radius 2 is 1.71 bits per heavy atom. The standard InChI is InChI=1S/C17H22N2OS/c1-11(2)13-6-8-14(9-7-13)16(15-5-4-10-21-15)19-12(3)17(18)20/h4-12,16,19H,1-3H3,(H2,18,20)/p+1/t12-,16+/m1/s1. The molecule has 1 aromatic carbocycles. The number of benzene rings is 1. The number of quaternary nitrogens is 1. The van der Waals surface area contributed by atoms with Crippen molar-refractivity contribution in [1.29, 1.82) is 0 Å². The summed E-state index contributed by atoms with van der Waals surface area (Å²) in [7, 11) is 0. The van der Waals surface area contributed by atoms with Gasteiger partial charge in [0.05, 0.1) is 4.88 Å². The molecule has 2 aromatic rings. The third-order valence-corrected chi connectivity index (χ3v) is 4.70. The molecule has 2 rings (SSSR count). The first-order chi connectivity index (χ1) is 9.99. The van der Waals surface area contributed by atoms with Gasteiger partial charge in [-0.05, 0) is 29.9 Å². The third kappa shape index (κ3) is 3.93. The maximum Gasteiger partial charge on any atom is 0.275 e. The van der Waals surface area contributed by atoms with E-state index in [0.29, 0.717) is 5.92 Å². The zero-order chi connectivity index (χ0) is 15.4.